The van der Waals surface area contributed by atoms with E-state index in [1.807, 2.05) is 32.0 Å². The Bertz CT molecular complexity index is 1490. The first-order valence-electron chi connectivity index (χ1n) is 10.4. The molecule has 33 heavy (non-hydrogen) atoms. The van der Waals surface area contributed by atoms with Crippen LogP contribution in [0.5, 0.6) is 0 Å². The highest BCUT2D eigenvalue weighted by Crippen LogP contribution is 2.35. The fraction of sp³-hybridized carbons (Fsp3) is 0.0741. The smallest absolute Gasteiger partial charge is 0.265 e. The summed E-state index contributed by atoms with van der Waals surface area (Å²) in [4.78, 5) is 32.6. The number of imide groups is 1. The lowest BCUT2D eigenvalue weighted by Crippen LogP contribution is -2.41. The maximum Gasteiger partial charge on any atom is 0.265 e. The average Bonchev–Trinajstić information content (AvgIpc) is 2.81. The highest BCUT2D eigenvalue weighted by atomic mass is 35.5. The molecule has 2 heterocycles. The minimum atomic E-state index is -0.433. The summed E-state index contributed by atoms with van der Waals surface area (Å²) < 4.78 is 0. The molecular weight excluding hydrogens is 455 g/mol. The third-order valence-electron chi connectivity index (χ3n) is 5.96. The summed E-state index contributed by atoms with van der Waals surface area (Å²) in [5.74, 6) is -0.818. The lowest BCUT2D eigenvalue weighted by Gasteiger charge is -2.28. The molecule has 0 atom stereocenters. The molecule has 0 radical (unpaired) electrons. The van der Waals surface area contributed by atoms with E-state index >= 15 is 0 Å². The summed E-state index contributed by atoms with van der Waals surface area (Å²) in [6.07, 6.45) is 1.71. The van der Waals surface area contributed by atoms with Crippen molar-refractivity contribution in [3.63, 3.8) is 0 Å². The lowest BCUT2D eigenvalue weighted by atomic mass is 9.91. The predicted octanol–water partition coefficient (Wildman–Crippen LogP) is 6.89. The van der Waals surface area contributed by atoms with Gasteiger partial charge in [-0.3, -0.25) is 9.59 Å². The van der Waals surface area contributed by atoms with Crippen LogP contribution in [-0.4, -0.2) is 16.8 Å². The van der Waals surface area contributed by atoms with E-state index in [9.17, 15) is 9.59 Å². The number of pyridine rings is 1. The number of fused-ring (bicyclic) bond motifs is 2. The normalized spacial score (nSPS) is 14.8. The third-order valence-corrected chi connectivity index (χ3v) is 6.52. The Hall–Kier alpha value is -3.47. The summed E-state index contributed by atoms with van der Waals surface area (Å²) in [5, 5.41) is 1.74. The zero-order valence-corrected chi connectivity index (χ0v) is 19.4. The molecule has 4 nitrogen and oxygen atoms in total. The van der Waals surface area contributed by atoms with Crippen molar-refractivity contribution in [2.45, 2.75) is 13.8 Å². The van der Waals surface area contributed by atoms with E-state index in [1.54, 1.807) is 54.6 Å². The van der Waals surface area contributed by atoms with Gasteiger partial charge in [-0.25, -0.2) is 9.88 Å². The summed E-state index contributed by atoms with van der Waals surface area (Å²) in [5.41, 5.74) is 5.45. The minimum Gasteiger partial charge on any atom is -0.268 e. The molecule has 2 amide bonds. The largest absolute Gasteiger partial charge is 0.268 e. The second kappa shape index (κ2) is 8.14. The van der Waals surface area contributed by atoms with Crippen molar-refractivity contribution in [1.82, 2.24) is 4.98 Å². The molecule has 1 aliphatic heterocycles. The molecule has 1 aromatic heterocycles. The van der Waals surface area contributed by atoms with Gasteiger partial charge in [-0.1, -0.05) is 53.5 Å². The van der Waals surface area contributed by atoms with Crippen LogP contribution in [0, 0.1) is 13.8 Å². The van der Waals surface area contributed by atoms with Crippen molar-refractivity contribution in [3.8, 4) is 0 Å². The number of amides is 2. The molecule has 1 aliphatic rings. The van der Waals surface area contributed by atoms with Crippen LogP contribution < -0.4 is 4.90 Å². The first-order valence-corrected chi connectivity index (χ1v) is 11.1. The Morgan fingerprint density at radius 2 is 1.55 bits per heavy atom. The van der Waals surface area contributed by atoms with Crippen LogP contribution in [0.25, 0.3) is 22.6 Å². The van der Waals surface area contributed by atoms with E-state index in [-0.39, 0.29) is 5.91 Å². The molecule has 0 saturated heterocycles. The molecule has 0 spiro atoms. The Morgan fingerprint density at radius 3 is 2.27 bits per heavy atom. The van der Waals surface area contributed by atoms with Gasteiger partial charge in [0.2, 0.25) is 0 Å². The number of rotatable bonds is 2. The van der Waals surface area contributed by atoms with Gasteiger partial charge in [0.15, 0.2) is 0 Å². The summed E-state index contributed by atoms with van der Waals surface area (Å²) in [7, 11) is 0. The summed E-state index contributed by atoms with van der Waals surface area (Å²) >= 11 is 12.6. The highest BCUT2D eigenvalue weighted by molar-refractivity contribution is 6.43. The topological polar surface area (TPSA) is 50.3 Å². The molecule has 162 valence electrons. The number of aryl methyl sites for hydroxylation is 2. The van der Waals surface area contributed by atoms with Gasteiger partial charge >= 0.3 is 0 Å². The molecule has 5 rings (SSSR count). The molecule has 0 unspecified atom stereocenters. The first-order chi connectivity index (χ1) is 15.8. The van der Waals surface area contributed by atoms with Gasteiger partial charge in [0, 0.05) is 27.1 Å². The number of hydrogen-bond donors (Lipinski definition) is 0. The van der Waals surface area contributed by atoms with Gasteiger partial charge in [-0.15, -0.1) is 0 Å². The Kier molecular flexibility index (Phi) is 5.28. The van der Waals surface area contributed by atoms with Crippen molar-refractivity contribution in [2.24, 2.45) is 0 Å². The standard InChI is InChI=1S/C27H18Cl2N2O2/c1-15-7-8-17-13-18(25(29)30-24(17)16(15)2)14-23-21-5-3-4-6-22(21)26(32)31(27(23)33)20-11-9-19(28)10-12-20/h3-14H,1-2H3/b23-14+. The fourth-order valence-electron chi connectivity index (χ4n) is 4.05. The Labute approximate surface area is 201 Å². The van der Waals surface area contributed by atoms with Crippen molar-refractivity contribution in [2.75, 3.05) is 4.90 Å². The van der Waals surface area contributed by atoms with Gasteiger partial charge in [-0.2, -0.15) is 0 Å². The van der Waals surface area contributed by atoms with Gasteiger partial charge in [0.25, 0.3) is 11.8 Å². The van der Waals surface area contributed by atoms with Crippen molar-refractivity contribution in [1.29, 1.82) is 0 Å². The van der Waals surface area contributed by atoms with E-state index in [2.05, 4.69) is 4.98 Å². The monoisotopic (exact) mass is 472 g/mol. The zero-order chi connectivity index (χ0) is 23.3. The Balaban J connectivity index is 1.71. The van der Waals surface area contributed by atoms with Gasteiger partial charge < -0.3 is 0 Å². The van der Waals surface area contributed by atoms with Crippen LogP contribution in [-0.2, 0) is 4.79 Å². The van der Waals surface area contributed by atoms with Gasteiger partial charge in [0.1, 0.15) is 5.15 Å². The van der Waals surface area contributed by atoms with E-state index in [0.29, 0.717) is 38.1 Å². The minimum absolute atomic E-state index is 0.295. The number of carbonyl (C=O) groups is 2. The molecule has 0 N–H and O–H groups in total. The quantitative estimate of drug-likeness (QED) is 0.181. The number of carbonyl (C=O) groups excluding carboxylic acids is 2. The van der Waals surface area contributed by atoms with Crippen LogP contribution in [0.1, 0.15) is 32.6 Å². The summed E-state index contributed by atoms with van der Waals surface area (Å²) in [6.45, 7) is 4.04. The molecule has 0 saturated carbocycles. The van der Waals surface area contributed by atoms with Crippen LogP contribution in [0.2, 0.25) is 10.2 Å². The second-order valence-corrected chi connectivity index (χ2v) is 8.77. The molecule has 0 aliphatic carbocycles. The summed E-state index contributed by atoms with van der Waals surface area (Å²) in [6, 6.07) is 19.6. The third kappa shape index (κ3) is 3.62. The maximum absolute atomic E-state index is 13.6. The van der Waals surface area contributed by atoms with Crippen LogP contribution >= 0.6 is 23.2 Å². The van der Waals surface area contributed by atoms with Crippen molar-refractivity contribution >= 4 is 63.3 Å². The number of nitrogens with zero attached hydrogens (tertiary/aromatic N) is 2. The predicted molar refractivity (Wildman–Crippen MR) is 134 cm³/mol. The van der Waals surface area contributed by atoms with Crippen molar-refractivity contribution < 1.29 is 9.59 Å². The number of hydrogen-bond acceptors (Lipinski definition) is 3. The number of aromatic nitrogens is 1. The molecule has 4 aromatic rings. The van der Waals surface area contributed by atoms with E-state index in [4.69, 9.17) is 23.2 Å². The molecular formula is C27H18Cl2N2O2. The lowest BCUT2D eigenvalue weighted by molar-refractivity contribution is -0.112. The van der Waals surface area contributed by atoms with E-state index in [1.165, 1.54) is 4.90 Å². The fourth-order valence-corrected chi connectivity index (χ4v) is 4.37. The van der Waals surface area contributed by atoms with Crippen molar-refractivity contribution in [3.05, 3.63) is 105 Å². The van der Waals surface area contributed by atoms with Gasteiger partial charge in [-0.05, 0) is 73.0 Å². The average molecular weight is 473 g/mol. The van der Waals surface area contributed by atoms with E-state index < -0.39 is 5.91 Å². The molecule has 6 heteroatoms. The zero-order valence-electron chi connectivity index (χ0n) is 17.9. The molecule has 0 fully saturated rings. The second-order valence-electron chi connectivity index (χ2n) is 7.97. The number of anilines is 1. The Morgan fingerprint density at radius 1 is 0.848 bits per heavy atom. The van der Waals surface area contributed by atoms with Crippen LogP contribution in [0.4, 0.5) is 5.69 Å². The van der Waals surface area contributed by atoms with Gasteiger partial charge in [0.05, 0.1) is 11.2 Å². The first kappa shape index (κ1) is 21.4. The highest BCUT2D eigenvalue weighted by Gasteiger charge is 2.35. The number of benzene rings is 3. The molecule has 0 bridgehead atoms. The number of halogens is 2. The van der Waals surface area contributed by atoms with E-state index in [0.717, 1.165) is 22.0 Å². The van der Waals surface area contributed by atoms with Crippen LogP contribution in [0.3, 0.4) is 0 Å². The maximum atomic E-state index is 13.6. The molecule has 3 aromatic carbocycles. The SMILES string of the molecule is Cc1ccc2cc(/C=C3/C(=O)N(c4ccc(Cl)cc4)C(=O)c4ccccc43)c(Cl)nc2c1C. The van der Waals surface area contributed by atoms with Crippen LogP contribution in [0.15, 0.2) is 66.7 Å².